The highest BCUT2D eigenvalue weighted by molar-refractivity contribution is 5.50. The molecule has 3 rings (SSSR count). The summed E-state index contributed by atoms with van der Waals surface area (Å²) in [7, 11) is 0. The maximum absolute atomic E-state index is 13.4. The van der Waals surface area contributed by atoms with Crippen LogP contribution in [0.4, 0.5) is 10.1 Å². The Kier molecular flexibility index (Phi) is 3.39. The summed E-state index contributed by atoms with van der Waals surface area (Å²) in [4.78, 5) is 2.53. The van der Waals surface area contributed by atoms with E-state index in [0.717, 1.165) is 18.7 Å². The highest BCUT2D eigenvalue weighted by Crippen LogP contribution is 2.29. The van der Waals surface area contributed by atoms with Gasteiger partial charge in [-0.3, -0.25) is 4.90 Å². The first-order valence-corrected chi connectivity index (χ1v) is 6.97. The fourth-order valence-corrected chi connectivity index (χ4v) is 3.37. The van der Waals surface area contributed by atoms with Gasteiger partial charge >= 0.3 is 0 Å². The molecule has 2 atom stereocenters. The average Bonchev–Trinajstić information content (AvgIpc) is 2.82. The minimum absolute atomic E-state index is 0.347. The molecule has 2 fully saturated rings. The zero-order valence-corrected chi connectivity index (χ0v) is 10.9. The second kappa shape index (κ2) is 5.18. The number of rotatable bonds is 2. The standard InChI is InChI=1S/C15H18FN3/c16-12-7-11(10-17)8-13(9-12)18-14-4-6-19-5-2-1-3-15(14)19/h7-9,14-15,18H,1-6H2. The van der Waals surface area contributed by atoms with Crippen molar-refractivity contribution >= 4 is 5.69 Å². The van der Waals surface area contributed by atoms with Crippen LogP contribution in [-0.2, 0) is 0 Å². The summed E-state index contributed by atoms with van der Waals surface area (Å²) < 4.78 is 13.4. The lowest BCUT2D eigenvalue weighted by atomic mass is 9.99. The highest BCUT2D eigenvalue weighted by atomic mass is 19.1. The summed E-state index contributed by atoms with van der Waals surface area (Å²) in [5.74, 6) is -0.347. The van der Waals surface area contributed by atoms with Gasteiger partial charge in [-0.2, -0.15) is 5.26 Å². The van der Waals surface area contributed by atoms with Crippen LogP contribution in [0.2, 0.25) is 0 Å². The number of nitrogens with zero attached hydrogens (tertiary/aromatic N) is 2. The molecule has 1 aromatic rings. The number of anilines is 1. The molecule has 0 radical (unpaired) electrons. The molecule has 100 valence electrons. The van der Waals surface area contributed by atoms with Crippen molar-refractivity contribution in [1.29, 1.82) is 5.26 Å². The van der Waals surface area contributed by atoms with Crippen LogP contribution in [0.5, 0.6) is 0 Å². The third-order valence-electron chi connectivity index (χ3n) is 4.23. The van der Waals surface area contributed by atoms with Crippen molar-refractivity contribution in [3.05, 3.63) is 29.6 Å². The minimum atomic E-state index is -0.347. The molecule has 4 heteroatoms. The third kappa shape index (κ3) is 2.57. The first kappa shape index (κ1) is 12.4. The first-order valence-electron chi connectivity index (χ1n) is 6.97. The molecule has 0 aliphatic carbocycles. The smallest absolute Gasteiger partial charge is 0.126 e. The second-order valence-electron chi connectivity index (χ2n) is 5.48. The molecule has 19 heavy (non-hydrogen) atoms. The van der Waals surface area contributed by atoms with Crippen molar-refractivity contribution < 1.29 is 4.39 Å². The van der Waals surface area contributed by atoms with E-state index in [1.807, 2.05) is 6.07 Å². The zero-order valence-electron chi connectivity index (χ0n) is 10.9. The summed E-state index contributed by atoms with van der Waals surface area (Å²) in [6.45, 7) is 2.32. The van der Waals surface area contributed by atoms with Crippen molar-refractivity contribution in [3.63, 3.8) is 0 Å². The number of hydrogen-bond acceptors (Lipinski definition) is 3. The number of nitriles is 1. The Bertz CT molecular complexity index is 509. The topological polar surface area (TPSA) is 39.1 Å². The molecule has 2 aliphatic rings. The van der Waals surface area contributed by atoms with Crippen LogP contribution in [0, 0.1) is 17.1 Å². The minimum Gasteiger partial charge on any atom is -0.381 e. The fraction of sp³-hybridized carbons (Fsp3) is 0.533. The molecular weight excluding hydrogens is 241 g/mol. The van der Waals surface area contributed by atoms with Crippen LogP contribution < -0.4 is 5.32 Å². The van der Waals surface area contributed by atoms with Gasteiger partial charge in [-0.05, 0) is 44.0 Å². The van der Waals surface area contributed by atoms with Crippen LogP contribution in [-0.4, -0.2) is 30.1 Å². The van der Waals surface area contributed by atoms with E-state index in [0.29, 0.717) is 17.6 Å². The van der Waals surface area contributed by atoms with E-state index in [1.165, 1.54) is 37.9 Å². The molecule has 0 aromatic heterocycles. The van der Waals surface area contributed by atoms with Crippen molar-refractivity contribution in [3.8, 4) is 6.07 Å². The number of fused-ring (bicyclic) bond motifs is 1. The van der Waals surface area contributed by atoms with Crippen LogP contribution in [0.25, 0.3) is 0 Å². The van der Waals surface area contributed by atoms with Crippen molar-refractivity contribution in [2.75, 3.05) is 18.4 Å². The Balaban J connectivity index is 1.75. The van der Waals surface area contributed by atoms with Crippen molar-refractivity contribution in [1.82, 2.24) is 4.90 Å². The van der Waals surface area contributed by atoms with Gasteiger partial charge < -0.3 is 5.32 Å². The van der Waals surface area contributed by atoms with Gasteiger partial charge in [0, 0.05) is 24.3 Å². The monoisotopic (exact) mass is 259 g/mol. The average molecular weight is 259 g/mol. The molecular formula is C15H18FN3. The van der Waals surface area contributed by atoms with Gasteiger partial charge in [0.2, 0.25) is 0 Å². The third-order valence-corrected chi connectivity index (χ3v) is 4.23. The van der Waals surface area contributed by atoms with Gasteiger partial charge in [-0.25, -0.2) is 4.39 Å². The summed E-state index contributed by atoms with van der Waals surface area (Å²) in [6.07, 6.45) is 4.90. The van der Waals surface area contributed by atoms with Crippen LogP contribution in [0.3, 0.4) is 0 Å². The first-order chi connectivity index (χ1) is 9.26. The van der Waals surface area contributed by atoms with E-state index < -0.39 is 0 Å². The van der Waals surface area contributed by atoms with E-state index in [9.17, 15) is 4.39 Å². The number of piperidine rings is 1. The number of hydrogen-bond donors (Lipinski definition) is 1. The molecule has 0 amide bonds. The maximum atomic E-state index is 13.4. The van der Waals surface area contributed by atoms with Gasteiger partial charge in [0.15, 0.2) is 0 Å². The number of benzene rings is 1. The Labute approximate surface area is 113 Å². The fourth-order valence-electron chi connectivity index (χ4n) is 3.37. The molecule has 0 bridgehead atoms. The van der Waals surface area contributed by atoms with Gasteiger partial charge in [0.25, 0.3) is 0 Å². The van der Waals surface area contributed by atoms with E-state index >= 15 is 0 Å². The summed E-state index contributed by atoms with van der Waals surface area (Å²) >= 11 is 0. The number of nitrogens with one attached hydrogen (secondary N) is 1. The normalized spacial score (nSPS) is 26.7. The van der Waals surface area contributed by atoms with E-state index in [2.05, 4.69) is 10.2 Å². The lowest BCUT2D eigenvalue weighted by molar-refractivity contribution is 0.193. The van der Waals surface area contributed by atoms with Crippen LogP contribution in [0.1, 0.15) is 31.2 Å². The van der Waals surface area contributed by atoms with Gasteiger partial charge in [-0.1, -0.05) is 6.42 Å². The van der Waals surface area contributed by atoms with Gasteiger partial charge in [-0.15, -0.1) is 0 Å². The predicted octanol–water partition coefficient (Wildman–Crippen LogP) is 2.74. The van der Waals surface area contributed by atoms with E-state index in [4.69, 9.17) is 5.26 Å². The number of halogens is 1. The molecule has 2 heterocycles. The molecule has 1 N–H and O–H groups in total. The lowest BCUT2D eigenvalue weighted by Crippen LogP contribution is -2.41. The molecule has 2 aliphatic heterocycles. The Morgan fingerprint density at radius 2 is 2.11 bits per heavy atom. The van der Waals surface area contributed by atoms with Gasteiger partial charge in [0.05, 0.1) is 11.6 Å². The Hall–Kier alpha value is -1.60. The van der Waals surface area contributed by atoms with Crippen molar-refractivity contribution in [2.45, 2.75) is 37.8 Å². The Morgan fingerprint density at radius 1 is 1.21 bits per heavy atom. The second-order valence-corrected chi connectivity index (χ2v) is 5.48. The quantitative estimate of drug-likeness (QED) is 0.887. The lowest BCUT2D eigenvalue weighted by Gasteiger charge is -2.33. The SMILES string of the molecule is N#Cc1cc(F)cc(NC2CCN3CCCCC23)c1. The van der Waals surface area contributed by atoms with E-state index in [-0.39, 0.29) is 5.82 Å². The molecule has 2 saturated heterocycles. The Morgan fingerprint density at radius 3 is 2.95 bits per heavy atom. The van der Waals surface area contributed by atoms with Crippen LogP contribution >= 0.6 is 0 Å². The molecule has 0 saturated carbocycles. The molecule has 1 aromatic carbocycles. The predicted molar refractivity (Wildman–Crippen MR) is 72.4 cm³/mol. The zero-order chi connectivity index (χ0) is 13.2. The molecule has 0 spiro atoms. The largest absolute Gasteiger partial charge is 0.381 e. The summed E-state index contributed by atoms with van der Waals surface area (Å²) in [6, 6.07) is 7.43. The highest BCUT2D eigenvalue weighted by Gasteiger charge is 2.35. The maximum Gasteiger partial charge on any atom is 0.126 e. The van der Waals surface area contributed by atoms with E-state index in [1.54, 1.807) is 6.07 Å². The van der Waals surface area contributed by atoms with Crippen molar-refractivity contribution in [2.24, 2.45) is 0 Å². The van der Waals surface area contributed by atoms with Gasteiger partial charge in [0.1, 0.15) is 5.82 Å². The molecule has 3 nitrogen and oxygen atoms in total. The molecule has 2 unspecified atom stereocenters. The summed E-state index contributed by atoms with van der Waals surface area (Å²) in [5.41, 5.74) is 1.11. The summed E-state index contributed by atoms with van der Waals surface area (Å²) in [5, 5.41) is 12.3. The van der Waals surface area contributed by atoms with Crippen LogP contribution in [0.15, 0.2) is 18.2 Å².